The van der Waals surface area contributed by atoms with Crippen molar-refractivity contribution in [2.45, 2.75) is 26.2 Å². The van der Waals surface area contributed by atoms with Crippen LogP contribution in [-0.2, 0) is 4.79 Å². The Balaban J connectivity index is 0. The molecule has 1 fully saturated rings. The summed E-state index contributed by atoms with van der Waals surface area (Å²) in [6.45, 7) is 2.71. The first-order valence-corrected chi connectivity index (χ1v) is 3.45. The van der Waals surface area contributed by atoms with Gasteiger partial charge in [0.1, 0.15) is 0 Å². The third kappa shape index (κ3) is 5.10. The van der Waals surface area contributed by atoms with Crippen LogP contribution in [0.5, 0.6) is 0 Å². The Morgan fingerprint density at radius 1 is 1.90 bits per heavy atom. The lowest BCUT2D eigenvalue weighted by molar-refractivity contribution is -0.119. The molecule has 0 spiro atoms. The second-order valence-corrected chi connectivity index (χ2v) is 1.97. The van der Waals surface area contributed by atoms with Crippen molar-refractivity contribution in [2.24, 2.45) is 0 Å². The summed E-state index contributed by atoms with van der Waals surface area (Å²) < 4.78 is 0. The molecule has 0 aromatic carbocycles. The van der Waals surface area contributed by atoms with E-state index in [1.165, 1.54) is 0 Å². The Kier molecular flexibility index (Phi) is 5.45. The van der Waals surface area contributed by atoms with Crippen LogP contribution in [0, 0.1) is 11.3 Å². The van der Waals surface area contributed by atoms with Gasteiger partial charge in [0.2, 0.25) is 5.91 Å². The Labute approximate surface area is 62.5 Å². The van der Waals surface area contributed by atoms with Crippen molar-refractivity contribution in [3.05, 3.63) is 0 Å². The van der Waals surface area contributed by atoms with Gasteiger partial charge in [-0.25, -0.2) is 0 Å². The molecule has 1 amide bonds. The first kappa shape index (κ1) is 8.96. The van der Waals surface area contributed by atoms with Crippen molar-refractivity contribution in [2.75, 3.05) is 6.54 Å². The number of rotatable bonds is 0. The summed E-state index contributed by atoms with van der Waals surface area (Å²) >= 11 is 0. The minimum Gasteiger partial charge on any atom is -0.356 e. The van der Waals surface area contributed by atoms with Gasteiger partial charge in [-0.1, -0.05) is 6.92 Å². The molecule has 0 aromatic heterocycles. The van der Waals surface area contributed by atoms with E-state index in [0.717, 1.165) is 19.4 Å². The molecule has 0 aromatic rings. The van der Waals surface area contributed by atoms with Gasteiger partial charge >= 0.3 is 0 Å². The quantitative estimate of drug-likeness (QED) is 0.550. The van der Waals surface area contributed by atoms with Gasteiger partial charge in [-0.05, 0) is 6.42 Å². The van der Waals surface area contributed by atoms with Crippen molar-refractivity contribution in [3.8, 4) is 6.07 Å². The molecule has 10 heavy (non-hydrogen) atoms. The summed E-state index contributed by atoms with van der Waals surface area (Å²) in [6, 6.07) is 1.93. The fourth-order valence-electron chi connectivity index (χ4n) is 0.565. The molecule has 0 saturated carbocycles. The van der Waals surface area contributed by atoms with Gasteiger partial charge < -0.3 is 5.32 Å². The summed E-state index contributed by atoms with van der Waals surface area (Å²) in [5.41, 5.74) is 0. The van der Waals surface area contributed by atoms with Gasteiger partial charge in [0.05, 0.1) is 6.07 Å². The van der Waals surface area contributed by atoms with Gasteiger partial charge in [0.25, 0.3) is 0 Å². The molecule has 1 heterocycles. The maximum atomic E-state index is 10.1. The minimum atomic E-state index is 0. The number of carbonyl (C=O) groups is 1. The third-order valence-electron chi connectivity index (χ3n) is 1.06. The molecule has 1 N–H and O–H groups in total. The van der Waals surface area contributed by atoms with Crippen molar-refractivity contribution in [1.82, 2.24) is 5.32 Å². The monoisotopic (exact) mass is 142 g/mol. The van der Waals surface area contributed by atoms with Crippen molar-refractivity contribution in [1.29, 1.82) is 5.26 Å². The molecule has 1 saturated heterocycles. The third-order valence-corrected chi connectivity index (χ3v) is 1.06. The molecule has 1 aliphatic heterocycles. The van der Waals surface area contributed by atoms with E-state index < -0.39 is 0 Å². The van der Waals surface area contributed by atoms with E-state index in [1.54, 1.807) is 0 Å². The molecule has 58 valence electrons. The van der Waals surface area contributed by atoms with Crippen molar-refractivity contribution < 1.29 is 6.22 Å². The number of carbonyl (C=O) groups excluding carboxylic acids is 1. The van der Waals surface area contributed by atoms with E-state index in [0.29, 0.717) is 6.42 Å². The molecule has 0 radical (unpaired) electrons. The lowest BCUT2D eigenvalue weighted by Gasteiger charge is -1.80. The maximum Gasteiger partial charge on any atom is 0.220 e. The average Bonchev–Trinajstić information content (AvgIpc) is 2.40. The van der Waals surface area contributed by atoms with E-state index in [4.69, 9.17) is 5.26 Å². The molecular formula is C7H14N2O. The molecular weight excluding hydrogens is 128 g/mol. The molecule has 0 atom stereocenters. The zero-order valence-corrected chi connectivity index (χ0v) is 6.18. The fourth-order valence-corrected chi connectivity index (χ4v) is 0.565. The predicted molar refractivity (Wildman–Crippen MR) is 40.3 cm³/mol. The lowest BCUT2D eigenvalue weighted by atomic mass is 10.4. The highest BCUT2D eigenvalue weighted by atomic mass is 16.1. The zero-order valence-electron chi connectivity index (χ0n) is 6.18. The molecule has 0 unspecified atom stereocenters. The number of nitriles is 1. The van der Waals surface area contributed by atoms with Crippen LogP contribution in [0.15, 0.2) is 0 Å². The Bertz CT molecular complexity index is 134. The first-order valence-electron chi connectivity index (χ1n) is 3.45. The van der Waals surface area contributed by atoms with Crippen LogP contribution in [0.1, 0.15) is 27.6 Å². The Morgan fingerprint density at radius 2 is 2.50 bits per heavy atom. The van der Waals surface area contributed by atoms with Crippen LogP contribution in [-0.4, -0.2) is 12.5 Å². The summed E-state index contributed by atoms with van der Waals surface area (Å²) in [6.07, 6.45) is 2.39. The normalized spacial score (nSPS) is 14.6. The smallest absolute Gasteiger partial charge is 0.220 e. The number of nitrogens with one attached hydrogen (secondary N) is 1. The highest BCUT2D eigenvalue weighted by molar-refractivity contribution is 5.77. The fraction of sp³-hybridized carbons (Fsp3) is 0.714. The van der Waals surface area contributed by atoms with Crippen LogP contribution in [0.4, 0.5) is 0 Å². The van der Waals surface area contributed by atoms with E-state index in [1.807, 2.05) is 13.0 Å². The van der Waals surface area contributed by atoms with Gasteiger partial charge in [-0.15, -0.1) is 0 Å². The van der Waals surface area contributed by atoms with E-state index >= 15 is 0 Å². The molecule has 1 rings (SSSR count). The summed E-state index contributed by atoms with van der Waals surface area (Å²) in [5.74, 6) is 0.204. The van der Waals surface area contributed by atoms with Crippen molar-refractivity contribution >= 4 is 5.91 Å². The van der Waals surface area contributed by atoms with Gasteiger partial charge in [0, 0.05) is 20.8 Å². The summed E-state index contributed by atoms with van der Waals surface area (Å²) in [4.78, 5) is 10.1. The lowest BCUT2D eigenvalue weighted by Crippen LogP contribution is -2.12. The molecule has 3 heteroatoms. The summed E-state index contributed by atoms with van der Waals surface area (Å²) in [5, 5.41) is 10.3. The van der Waals surface area contributed by atoms with Crippen molar-refractivity contribution in [3.63, 3.8) is 0 Å². The van der Waals surface area contributed by atoms with Crippen LogP contribution >= 0.6 is 0 Å². The first-order chi connectivity index (χ1) is 4.81. The van der Waals surface area contributed by atoms with Gasteiger partial charge in [-0.2, -0.15) is 5.26 Å². The largest absolute Gasteiger partial charge is 0.356 e. The van der Waals surface area contributed by atoms with E-state index in [2.05, 4.69) is 5.32 Å². The highest BCUT2D eigenvalue weighted by Gasteiger charge is 2.05. The molecule has 1 aliphatic rings. The minimum absolute atomic E-state index is 0. The maximum absolute atomic E-state index is 10.1. The second-order valence-electron chi connectivity index (χ2n) is 1.97. The SMILES string of the molecule is CCC#N.O=C1CCCN1.[HH]. The standard InChI is InChI=1S/C4H7NO.C3H5N.H2/c6-4-2-1-3-5-4;1-2-3-4;/h1-3H2,(H,5,6);2H2,1H3;1H. The van der Waals surface area contributed by atoms with Gasteiger partial charge in [0.15, 0.2) is 0 Å². The predicted octanol–water partition coefficient (Wildman–Crippen LogP) is 1.06. The van der Waals surface area contributed by atoms with Crippen LogP contribution < -0.4 is 5.32 Å². The highest BCUT2D eigenvalue weighted by Crippen LogP contribution is 1.93. The number of amides is 1. The number of nitrogens with zero attached hydrogens (tertiary/aromatic N) is 1. The van der Waals surface area contributed by atoms with Crippen LogP contribution in [0.25, 0.3) is 0 Å². The molecule has 3 nitrogen and oxygen atoms in total. The zero-order chi connectivity index (χ0) is 7.82. The second kappa shape index (κ2) is 6.09. The average molecular weight is 142 g/mol. The van der Waals surface area contributed by atoms with E-state index in [9.17, 15) is 4.79 Å². The summed E-state index contributed by atoms with van der Waals surface area (Å²) in [7, 11) is 0. The van der Waals surface area contributed by atoms with Crippen LogP contribution in [0.2, 0.25) is 0 Å². The number of hydrogen-bond acceptors (Lipinski definition) is 2. The Hall–Kier alpha value is -1.04. The van der Waals surface area contributed by atoms with Gasteiger partial charge in [-0.3, -0.25) is 4.79 Å². The molecule has 0 aliphatic carbocycles. The topological polar surface area (TPSA) is 52.9 Å². The van der Waals surface area contributed by atoms with Crippen LogP contribution in [0.3, 0.4) is 0 Å². The molecule has 0 bridgehead atoms. The number of hydrogen-bond donors (Lipinski definition) is 1. The van der Waals surface area contributed by atoms with E-state index in [-0.39, 0.29) is 7.33 Å². The Morgan fingerprint density at radius 3 is 2.60 bits per heavy atom.